The van der Waals surface area contributed by atoms with Gasteiger partial charge in [0.05, 0.1) is 0 Å². The van der Waals surface area contributed by atoms with Crippen LogP contribution >= 0.6 is 40.7 Å². The summed E-state index contributed by atoms with van der Waals surface area (Å²) in [4.78, 5) is 9.25. The lowest BCUT2D eigenvalue weighted by Crippen LogP contribution is -2.23. The number of rotatable bonds is 3. The number of aryl methyl sites for hydroxylation is 1. The number of hydrogen-bond donors (Lipinski definition) is 1. The van der Waals surface area contributed by atoms with Crippen LogP contribution in [0.15, 0.2) is 34.8 Å². The van der Waals surface area contributed by atoms with Gasteiger partial charge in [-0.1, -0.05) is 47.3 Å². The minimum absolute atomic E-state index is 0. The van der Waals surface area contributed by atoms with Gasteiger partial charge in [-0.15, -0.1) is 24.8 Å². The molecule has 1 aromatic heterocycles. The molecule has 1 aromatic carbocycles. The Balaban J connectivity index is 0.00000132. The van der Waals surface area contributed by atoms with E-state index in [0.29, 0.717) is 6.04 Å². The van der Waals surface area contributed by atoms with E-state index in [0.717, 1.165) is 27.4 Å². The molecule has 3 rings (SSSR count). The number of halogens is 3. The second-order valence-corrected chi connectivity index (χ2v) is 6.62. The van der Waals surface area contributed by atoms with E-state index in [4.69, 9.17) is 4.98 Å². The number of nitrogens with one attached hydrogen (secondary N) is 1. The molecule has 1 N–H and O–H groups in total. The Hall–Kier alpha value is -0.840. The quantitative estimate of drug-likeness (QED) is 0.683. The van der Waals surface area contributed by atoms with Gasteiger partial charge in [0.1, 0.15) is 5.82 Å². The minimum Gasteiger partial charge on any atom is -0.367 e. The van der Waals surface area contributed by atoms with Crippen LogP contribution in [0.3, 0.4) is 0 Å². The third kappa shape index (κ3) is 5.63. The van der Waals surface area contributed by atoms with Gasteiger partial charge in [-0.3, -0.25) is 0 Å². The van der Waals surface area contributed by atoms with Gasteiger partial charge >= 0.3 is 0 Å². The zero-order valence-electron chi connectivity index (χ0n) is 13.1. The van der Waals surface area contributed by atoms with E-state index in [-0.39, 0.29) is 24.8 Å². The van der Waals surface area contributed by atoms with E-state index in [1.54, 1.807) is 0 Å². The first-order valence-electron chi connectivity index (χ1n) is 7.59. The summed E-state index contributed by atoms with van der Waals surface area (Å²) >= 11 is 3.46. The molecule has 0 bridgehead atoms. The Labute approximate surface area is 158 Å². The van der Waals surface area contributed by atoms with Crippen molar-refractivity contribution in [1.29, 1.82) is 0 Å². The molecule has 6 heteroatoms. The molecule has 0 saturated heterocycles. The highest BCUT2D eigenvalue weighted by Gasteiger charge is 2.14. The van der Waals surface area contributed by atoms with E-state index in [1.807, 2.05) is 37.3 Å². The number of hydrogen-bond acceptors (Lipinski definition) is 3. The van der Waals surface area contributed by atoms with Crippen molar-refractivity contribution in [3.8, 4) is 11.4 Å². The molecule has 1 aliphatic rings. The zero-order chi connectivity index (χ0) is 14.7. The largest absolute Gasteiger partial charge is 0.367 e. The average molecular weight is 419 g/mol. The van der Waals surface area contributed by atoms with Crippen molar-refractivity contribution >= 4 is 46.6 Å². The van der Waals surface area contributed by atoms with Crippen LogP contribution in [0.5, 0.6) is 0 Å². The Kier molecular flexibility index (Phi) is 8.31. The van der Waals surface area contributed by atoms with Gasteiger partial charge in [0.15, 0.2) is 5.82 Å². The van der Waals surface area contributed by atoms with Crippen molar-refractivity contribution in [2.24, 2.45) is 0 Å². The molecule has 2 aromatic rings. The van der Waals surface area contributed by atoms with Crippen molar-refractivity contribution in [3.63, 3.8) is 0 Å². The van der Waals surface area contributed by atoms with Gasteiger partial charge in [-0.05, 0) is 31.9 Å². The van der Waals surface area contributed by atoms with Crippen LogP contribution in [0.4, 0.5) is 5.82 Å². The Morgan fingerprint density at radius 2 is 1.65 bits per heavy atom. The first kappa shape index (κ1) is 20.2. The van der Waals surface area contributed by atoms with Crippen molar-refractivity contribution in [2.75, 3.05) is 5.32 Å². The van der Waals surface area contributed by atoms with E-state index >= 15 is 0 Å². The Morgan fingerprint density at radius 1 is 1.00 bits per heavy atom. The molecule has 0 radical (unpaired) electrons. The average Bonchev–Trinajstić information content (AvgIpc) is 2.48. The SMILES string of the molecule is Cc1cc(NC2CCCCC2)nc(-c2ccc(Br)cc2)n1.Cl.Cl. The first-order chi connectivity index (χ1) is 10.2. The minimum atomic E-state index is 0. The summed E-state index contributed by atoms with van der Waals surface area (Å²) in [6.07, 6.45) is 6.50. The van der Waals surface area contributed by atoms with E-state index in [1.165, 1.54) is 32.1 Å². The maximum atomic E-state index is 4.69. The van der Waals surface area contributed by atoms with E-state index in [2.05, 4.69) is 26.2 Å². The molecule has 0 atom stereocenters. The molecule has 23 heavy (non-hydrogen) atoms. The summed E-state index contributed by atoms with van der Waals surface area (Å²) in [5.74, 6) is 1.74. The molecule has 3 nitrogen and oxygen atoms in total. The van der Waals surface area contributed by atoms with Crippen LogP contribution in [0.25, 0.3) is 11.4 Å². The Bertz CT molecular complexity index is 614. The number of nitrogens with zero attached hydrogens (tertiary/aromatic N) is 2. The van der Waals surface area contributed by atoms with Gasteiger partial charge in [0.2, 0.25) is 0 Å². The molecule has 1 fully saturated rings. The molecular formula is C17H22BrCl2N3. The highest BCUT2D eigenvalue weighted by atomic mass is 79.9. The molecule has 1 aliphatic carbocycles. The van der Waals surface area contributed by atoms with Gasteiger partial charge < -0.3 is 5.32 Å². The molecule has 0 aliphatic heterocycles. The molecule has 126 valence electrons. The van der Waals surface area contributed by atoms with Gasteiger partial charge in [0.25, 0.3) is 0 Å². The fraction of sp³-hybridized carbons (Fsp3) is 0.412. The van der Waals surface area contributed by atoms with Crippen LogP contribution in [0.2, 0.25) is 0 Å². The number of anilines is 1. The monoisotopic (exact) mass is 417 g/mol. The van der Waals surface area contributed by atoms with Crippen LogP contribution < -0.4 is 5.32 Å². The molecule has 0 spiro atoms. The smallest absolute Gasteiger partial charge is 0.161 e. The summed E-state index contributed by atoms with van der Waals surface area (Å²) in [6.45, 7) is 2.02. The molecule has 0 amide bonds. The number of aromatic nitrogens is 2. The summed E-state index contributed by atoms with van der Waals surface area (Å²) in [5, 5.41) is 3.58. The highest BCUT2D eigenvalue weighted by Crippen LogP contribution is 2.23. The van der Waals surface area contributed by atoms with Crippen LogP contribution in [0, 0.1) is 6.92 Å². The Morgan fingerprint density at radius 3 is 2.30 bits per heavy atom. The molecular weight excluding hydrogens is 397 g/mol. The molecule has 1 saturated carbocycles. The molecule has 0 unspecified atom stereocenters. The fourth-order valence-corrected chi connectivity index (χ4v) is 3.09. The van der Waals surface area contributed by atoms with Gasteiger partial charge in [-0.2, -0.15) is 0 Å². The maximum absolute atomic E-state index is 4.69. The maximum Gasteiger partial charge on any atom is 0.161 e. The van der Waals surface area contributed by atoms with Crippen molar-refractivity contribution < 1.29 is 0 Å². The summed E-state index contributed by atoms with van der Waals surface area (Å²) < 4.78 is 1.07. The molecule has 1 heterocycles. The third-order valence-corrected chi connectivity index (χ3v) is 4.44. The second kappa shape index (κ2) is 9.45. The van der Waals surface area contributed by atoms with Crippen molar-refractivity contribution in [3.05, 3.63) is 40.5 Å². The number of benzene rings is 1. The van der Waals surface area contributed by atoms with Gasteiger partial charge in [-0.25, -0.2) is 9.97 Å². The third-order valence-electron chi connectivity index (χ3n) is 3.91. The summed E-state index contributed by atoms with van der Waals surface area (Å²) in [7, 11) is 0. The summed E-state index contributed by atoms with van der Waals surface area (Å²) in [5.41, 5.74) is 2.05. The van der Waals surface area contributed by atoms with E-state index in [9.17, 15) is 0 Å². The van der Waals surface area contributed by atoms with Crippen LogP contribution in [-0.2, 0) is 0 Å². The highest BCUT2D eigenvalue weighted by molar-refractivity contribution is 9.10. The van der Waals surface area contributed by atoms with E-state index < -0.39 is 0 Å². The second-order valence-electron chi connectivity index (χ2n) is 5.70. The zero-order valence-corrected chi connectivity index (χ0v) is 16.3. The first-order valence-corrected chi connectivity index (χ1v) is 8.38. The lowest BCUT2D eigenvalue weighted by atomic mass is 9.95. The van der Waals surface area contributed by atoms with Gasteiger partial charge in [0, 0.05) is 27.8 Å². The van der Waals surface area contributed by atoms with Crippen molar-refractivity contribution in [2.45, 2.75) is 45.1 Å². The fourth-order valence-electron chi connectivity index (χ4n) is 2.83. The van der Waals surface area contributed by atoms with Crippen LogP contribution in [-0.4, -0.2) is 16.0 Å². The lowest BCUT2D eigenvalue weighted by Gasteiger charge is -2.23. The van der Waals surface area contributed by atoms with Crippen molar-refractivity contribution in [1.82, 2.24) is 9.97 Å². The van der Waals surface area contributed by atoms with Crippen LogP contribution in [0.1, 0.15) is 37.8 Å². The summed E-state index contributed by atoms with van der Waals surface area (Å²) in [6, 6.07) is 10.7. The lowest BCUT2D eigenvalue weighted by molar-refractivity contribution is 0.462. The predicted molar refractivity (Wildman–Crippen MR) is 105 cm³/mol. The normalized spacial score (nSPS) is 14.5. The predicted octanol–water partition coefficient (Wildman–Crippen LogP) is 5.80. The standard InChI is InChI=1S/C17H20BrN3.2ClH/c1-12-11-16(20-15-5-3-2-4-6-15)21-17(19-12)13-7-9-14(18)10-8-13;;/h7-11,15H,2-6H2,1H3,(H,19,20,21);2*1H. The topological polar surface area (TPSA) is 37.8 Å².